The third-order valence-corrected chi connectivity index (χ3v) is 3.67. The Bertz CT molecular complexity index is 152. The Balaban J connectivity index is 0.000000461. The SMILES string of the molecule is CC.CNC1CCC2(CC1)CN(C)C2. The van der Waals surface area contributed by atoms with E-state index in [-0.39, 0.29) is 0 Å². The molecule has 0 aromatic carbocycles. The van der Waals surface area contributed by atoms with Crippen molar-refractivity contribution < 1.29 is 0 Å². The third kappa shape index (κ3) is 2.48. The first-order valence-corrected chi connectivity index (χ1v) is 6.10. The topological polar surface area (TPSA) is 15.3 Å². The van der Waals surface area contributed by atoms with E-state index in [0.29, 0.717) is 0 Å². The summed E-state index contributed by atoms with van der Waals surface area (Å²) in [5.74, 6) is 0. The fourth-order valence-corrected chi connectivity index (χ4v) is 2.93. The summed E-state index contributed by atoms with van der Waals surface area (Å²) in [6.45, 7) is 6.70. The van der Waals surface area contributed by atoms with Gasteiger partial charge in [-0.05, 0) is 45.2 Å². The lowest BCUT2D eigenvalue weighted by Crippen LogP contribution is -2.56. The fourth-order valence-electron chi connectivity index (χ4n) is 2.93. The molecule has 0 bridgehead atoms. The van der Waals surface area contributed by atoms with E-state index in [1.165, 1.54) is 38.8 Å². The maximum atomic E-state index is 3.39. The highest BCUT2D eigenvalue weighted by molar-refractivity contribution is 4.97. The molecule has 1 saturated heterocycles. The van der Waals surface area contributed by atoms with Crippen molar-refractivity contribution in [2.45, 2.75) is 45.6 Å². The van der Waals surface area contributed by atoms with Crippen LogP contribution in [0.25, 0.3) is 0 Å². The van der Waals surface area contributed by atoms with E-state index in [0.717, 1.165) is 11.5 Å². The molecule has 0 atom stereocenters. The molecule has 0 unspecified atom stereocenters. The molecule has 1 N–H and O–H groups in total. The summed E-state index contributed by atoms with van der Waals surface area (Å²) in [5, 5.41) is 3.39. The smallest absolute Gasteiger partial charge is 0.00645 e. The van der Waals surface area contributed by atoms with Gasteiger partial charge in [0.05, 0.1) is 0 Å². The summed E-state index contributed by atoms with van der Waals surface area (Å²) in [6, 6.07) is 0.807. The Morgan fingerprint density at radius 3 is 2.00 bits per heavy atom. The highest BCUT2D eigenvalue weighted by Crippen LogP contribution is 2.42. The van der Waals surface area contributed by atoms with Crippen molar-refractivity contribution in [1.82, 2.24) is 10.2 Å². The molecule has 1 aliphatic carbocycles. The van der Waals surface area contributed by atoms with Crippen molar-refractivity contribution in [2.75, 3.05) is 27.2 Å². The number of likely N-dealkylation sites (tertiary alicyclic amines) is 1. The molecule has 2 fully saturated rings. The molecule has 2 heteroatoms. The molecule has 0 aromatic heterocycles. The quantitative estimate of drug-likeness (QED) is 0.694. The molecular weight excluding hydrogens is 172 g/mol. The fraction of sp³-hybridized carbons (Fsp3) is 1.00. The van der Waals surface area contributed by atoms with E-state index in [2.05, 4.69) is 24.3 Å². The zero-order valence-electron chi connectivity index (χ0n) is 10.3. The first-order chi connectivity index (χ1) is 6.74. The van der Waals surface area contributed by atoms with Crippen LogP contribution in [0.15, 0.2) is 0 Å². The Labute approximate surface area is 89.1 Å². The third-order valence-electron chi connectivity index (χ3n) is 3.67. The normalized spacial score (nSPS) is 26.6. The number of nitrogens with zero attached hydrogens (tertiary/aromatic N) is 1. The number of hydrogen-bond acceptors (Lipinski definition) is 2. The second-order valence-electron chi connectivity index (χ2n) is 4.74. The van der Waals surface area contributed by atoms with Gasteiger partial charge >= 0.3 is 0 Å². The molecule has 0 aromatic rings. The molecular formula is C12H26N2. The summed E-state index contributed by atoms with van der Waals surface area (Å²) in [6.07, 6.45) is 5.68. The van der Waals surface area contributed by atoms with Gasteiger partial charge in [-0.2, -0.15) is 0 Å². The minimum atomic E-state index is 0.738. The lowest BCUT2D eigenvalue weighted by atomic mass is 9.68. The summed E-state index contributed by atoms with van der Waals surface area (Å²) in [5.41, 5.74) is 0.738. The van der Waals surface area contributed by atoms with Gasteiger partial charge in [0.1, 0.15) is 0 Å². The Hall–Kier alpha value is -0.0800. The van der Waals surface area contributed by atoms with Gasteiger partial charge in [0.25, 0.3) is 0 Å². The van der Waals surface area contributed by atoms with Crippen LogP contribution in [-0.4, -0.2) is 38.1 Å². The summed E-state index contributed by atoms with van der Waals surface area (Å²) in [4.78, 5) is 2.44. The van der Waals surface area contributed by atoms with Gasteiger partial charge in [0.2, 0.25) is 0 Å². The lowest BCUT2D eigenvalue weighted by molar-refractivity contribution is -0.0154. The van der Waals surface area contributed by atoms with Gasteiger partial charge < -0.3 is 10.2 Å². The molecule has 1 heterocycles. The van der Waals surface area contributed by atoms with E-state index in [9.17, 15) is 0 Å². The molecule has 2 rings (SSSR count). The van der Waals surface area contributed by atoms with Crippen LogP contribution in [0.4, 0.5) is 0 Å². The van der Waals surface area contributed by atoms with Gasteiger partial charge in [-0.25, -0.2) is 0 Å². The molecule has 1 saturated carbocycles. The standard InChI is InChI=1S/C10H20N2.C2H6/c1-11-9-3-5-10(6-4-9)7-12(2)8-10;1-2/h9,11H,3-8H2,1-2H3;1-2H3. The van der Waals surface area contributed by atoms with E-state index in [4.69, 9.17) is 0 Å². The average Bonchev–Trinajstić information content (AvgIpc) is 2.20. The van der Waals surface area contributed by atoms with E-state index >= 15 is 0 Å². The number of rotatable bonds is 1. The van der Waals surface area contributed by atoms with Gasteiger partial charge in [-0.1, -0.05) is 13.8 Å². The van der Waals surface area contributed by atoms with Crippen LogP contribution in [0.1, 0.15) is 39.5 Å². The second-order valence-corrected chi connectivity index (χ2v) is 4.74. The molecule has 2 nitrogen and oxygen atoms in total. The molecule has 14 heavy (non-hydrogen) atoms. The van der Waals surface area contributed by atoms with Gasteiger partial charge in [-0.3, -0.25) is 0 Å². The first-order valence-electron chi connectivity index (χ1n) is 6.10. The Morgan fingerprint density at radius 1 is 1.14 bits per heavy atom. The molecule has 84 valence electrons. The Kier molecular flexibility index (Phi) is 4.39. The summed E-state index contributed by atoms with van der Waals surface area (Å²) in [7, 11) is 4.32. The summed E-state index contributed by atoms with van der Waals surface area (Å²) < 4.78 is 0. The van der Waals surface area contributed by atoms with Crippen molar-refractivity contribution in [3.8, 4) is 0 Å². The van der Waals surface area contributed by atoms with E-state index in [1.54, 1.807) is 0 Å². The minimum absolute atomic E-state index is 0.738. The van der Waals surface area contributed by atoms with Crippen molar-refractivity contribution in [1.29, 1.82) is 0 Å². The van der Waals surface area contributed by atoms with Crippen LogP contribution in [0.2, 0.25) is 0 Å². The maximum Gasteiger partial charge on any atom is 0.00645 e. The van der Waals surface area contributed by atoms with Crippen molar-refractivity contribution >= 4 is 0 Å². The average molecular weight is 198 g/mol. The minimum Gasteiger partial charge on any atom is -0.317 e. The highest BCUT2D eigenvalue weighted by atomic mass is 15.2. The lowest BCUT2D eigenvalue weighted by Gasteiger charge is -2.52. The molecule has 2 aliphatic rings. The Morgan fingerprint density at radius 2 is 1.64 bits per heavy atom. The van der Waals surface area contributed by atoms with Crippen LogP contribution in [-0.2, 0) is 0 Å². The van der Waals surface area contributed by atoms with Gasteiger partial charge in [0, 0.05) is 19.1 Å². The van der Waals surface area contributed by atoms with Crippen LogP contribution >= 0.6 is 0 Å². The number of nitrogens with one attached hydrogen (secondary N) is 1. The predicted octanol–water partition coefficient (Wildman–Crippen LogP) is 2.11. The van der Waals surface area contributed by atoms with Gasteiger partial charge in [-0.15, -0.1) is 0 Å². The largest absolute Gasteiger partial charge is 0.317 e. The maximum absolute atomic E-state index is 3.39. The van der Waals surface area contributed by atoms with Crippen LogP contribution in [0.5, 0.6) is 0 Å². The zero-order chi connectivity index (χ0) is 10.6. The highest BCUT2D eigenvalue weighted by Gasteiger charge is 2.42. The molecule has 0 amide bonds. The van der Waals surface area contributed by atoms with E-state index in [1.807, 2.05) is 13.8 Å². The van der Waals surface area contributed by atoms with Crippen LogP contribution in [0.3, 0.4) is 0 Å². The molecule has 1 spiro atoms. The zero-order valence-corrected chi connectivity index (χ0v) is 10.3. The summed E-state index contributed by atoms with van der Waals surface area (Å²) >= 11 is 0. The van der Waals surface area contributed by atoms with Crippen molar-refractivity contribution in [3.63, 3.8) is 0 Å². The first kappa shape index (κ1) is 12.0. The van der Waals surface area contributed by atoms with Crippen molar-refractivity contribution in [3.05, 3.63) is 0 Å². The van der Waals surface area contributed by atoms with E-state index < -0.39 is 0 Å². The molecule has 0 radical (unpaired) electrons. The van der Waals surface area contributed by atoms with Crippen LogP contribution < -0.4 is 5.32 Å². The van der Waals surface area contributed by atoms with Gasteiger partial charge in [0.15, 0.2) is 0 Å². The van der Waals surface area contributed by atoms with Crippen molar-refractivity contribution in [2.24, 2.45) is 5.41 Å². The number of hydrogen-bond donors (Lipinski definition) is 1. The second kappa shape index (κ2) is 5.13. The molecule has 1 aliphatic heterocycles. The predicted molar refractivity (Wildman–Crippen MR) is 62.6 cm³/mol. The monoisotopic (exact) mass is 198 g/mol. The van der Waals surface area contributed by atoms with Crippen LogP contribution in [0, 0.1) is 5.41 Å².